The molecule has 128 valence electrons. The van der Waals surface area contributed by atoms with Gasteiger partial charge in [-0.2, -0.15) is 13.2 Å². The van der Waals surface area contributed by atoms with Crippen LogP contribution in [0.25, 0.3) is 0 Å². The highest BCUT2D eigenvalue weighted by molar-refractivity contribution is 5.45. The van der Waals surface area contributed by atoms with Gasteiger partial charge < -0.3 is 15.3 Å². The third-order valence-electron chi connectivity index (χ3n) is 3.93. The van der Waals surface area contributed by atoms with E-state index in [1.165, 1.54) is 6.07 Å². The Morgan fingerprint density at radius 3 is 2.38 bits per heavy atom. The number of alkyl halides is 3. The summed E-state index contributed by atoms with van der Waals surface area (Å²) in [6.45, 7) is 2.69. The van der Waals surface area contributed by atoms with E-state index < -0.39 is 18.0 Å². The van der Waals surface area contributed by atoms with E-state index >= 15 is 0 Å². The Bertz CT molecular complexity index is 687. The number of anilines is 1. The van der Waals surface area contributed by atoms with Gasteiger partial charge in [0.25, 0.3) is 0 Å². The first-order valence-corrected chi connectivity index (χ1v) is 7.60. The average Bonchev–Trinajstić information content (AvgIpc) is 2.61. The SMILES string of the molecule is OC(c1ccccc1)c1cc(N2CCNCC2)nnc1C(F)(F)F. The van der Waals surface area contributed by atoms with Crippen LogP contribution in [0.15, 0.2) is 36.4 Å². The third-order valence-corrected chi connectivity index (χ3v) is 3.93. The van der Waals surface area contributed by atoms with Crippen molar-refractivity contribution in [2.24, 2.45) is 0 Å². The molecule has 0 spiro atoms. The Morgan fingerprint density at radius 1 is 1.08 bits per heavy atom. The summed E-state index contributed by atoms with van der Waals surface area (Å²) < 4.78 is 39.8. The Balaban J connectivity index is 2.02. The second-order valence-corrected chi connectivity index (χ2v) is 5.55. The van der Waals surface area contributed by atoms with Gasteiger partial charge in [0.05, 0.1) is 0 Å². The zero-order chi connectivity index (χ0) is 17.2. The topological polar surface area (TPSA) is 61.3 Å². The number of hydrogen-bond donors (Lipinski definition) is 2. The molecule has 2 heterocycles. The van der Waals surface area contributed by atoms with E-state index in [0.717, 1.165) is 13.1 Å². The normalized spacial score (nSPS) is 16.9. The summed E-state index contributed by atoms with van der Waals surface area (Å²) in [5, 5.41) is 20.7. The van der Waals surface area contributed by atoms with Gasteiger partial charge in [0.2, 0.25) is 0 Å². The first-order chi connectivity index (χ1) is 11.5. The maximum absolute atomic E-state index is 13.3. The minimum atomic E-state index is -4.68. The van der Waals surface area contributed by atoms with Crippen LogP contribution in [-0.2, 0) is 6.18 Å². The molecule has 5 nitrogen and oxygen atoms in total. The van der Waals surface area contributed by atoms with Crippen LogP contribution in [0.5, 0.6) is 0 Å². The molecule has 0 bridgehead atoms. The molecule has 1 atom stereocenters. The van der Waals surface area contributed by atoms with E-state index in [0.29, 0.717) is 24.5 Å². The fraction of sp³-hybridized carbons (Fsp3) is 0.375. The molecule has 2 aromatic rings. The van der Waals surface area contributed by atoms with Crippen molar-refractivity contribution in [3.8, 4) is 0 Å². The highest BCUT2D eigenvalue weighted by atomic mass is 19.4. The fourth-order valence-electron chi connectivity index (χ4n) is 2.69. The molecule has 1 fully saturated rings. The summed E-state index contributed by atoms with van der Waals surface area (Å²) >= 11 is 0. The lowest BCUT2D eigenvalue weighted by Crippen LogP contribution is -2.44. The molecule has 1 unspecified atom stereocenters. The predicted molar refractivity (Wildman–Crippen MR) is 82.6 cm³/mol. The third kappa shape index (κ3) is 3.49. The molecule has 24 heavy (non-hydrogen) atoms. The van der Waals surface area contributed by atoms with Crippen LogP contribution in [0.4, 0.5) is 19.0 Å². The fourth-order valence-corrected chi connectivity index (χ4v) is 2.69. The summed E-state index contributed by atoms with van der Waals surface area (Å²) in [6.07, 6.45) is -6.10. The molecule has 0 radical (unpaired) electrons. The molecule has 3 rings (SSSR count). The molecule has 0 saturated carbocycles. The Morgan fingerprint density at radius 2 is 1.75 bits per heavy atom. The number of halogens is 3. The van der Waals surface area contributed by atoms with Crippen LogP contribution in [0, 0.1) is 0 Å². The van der Waals surface area contributed by atoms with Gasteiger partial charge in [-0.25, -0.2) is 0 Å². The highest BCUT2D eigenvalue weighted by Crippen LogP contribution is 2.36. The molecule has 0 amide bonds. The van der Waals surface area contributed by atoms with Crippen LogP contribution >= 0.6 is 0 Å². The molecule has 1 aliphatic heterocycles. The van der Waals surface area contributed by atoms with Crippen molar-refractivity contribution < 1.29 is 18.3 Å². The van der Waals surface area contributed by atoms with Crippen LogP contribution < -0.4 is 10.2 Å². The first-order valence-electron chi connectivity index (χ1n) is 7.60. The van der Waals surface area contributed by atoms with Gasteiger partial charge in [0.1, 0.15) is 6.10 Å². The molecule has 1 aromatic carbocycles. The summed E-state index contributed by atoms with van der Waals surface area (Å²) in [7, 11) is 0. The van der Waals surface area contributed by atoms with Crippen LogP contribution in [-0.4, -0.2) is 41.5 Å². The number of nitrogens with one attached hydrogen (secondary N) is 1. The molecular weight excluding hydrogens is 321 g/mol. The number of piperazine rings is 1. The van der Waals surface area contributed by atoms with Crippen molar-refractivity contribution in [3.05, 3.63) is 53.2 Å². The van der Waals surface area contributed by atoms with E-state index in [9.17, 15) is 18.3 Å². The minimum Gasteiger partial charge on any atom is -0.384 e. The van der Waals surface area contributed by atoms with Gasteiger partial charge >= 0.3 is 6.18 Å². The van der Waals surface area contributed by atoms with Crippen molar-refractivity contribution in [3.63, 3.8) is 0 Å². The van der Waals surface area contributed by atoms with Crippen molar-refractivity contribution >= 4 is 5.82 Å². The van der Waals surface area contributed by atoms with Gasteiger partial charge in [-0.15, -0.1) is 10.2 Å². The van der Waals surface area contributed by atoms with Crippen molar-refractivity contribution in [2.45, 2.75) is 12.3 Å². The Kier molecular flexibility index (Phi) is 4.68. The molecule has 2 N–H and O–H groups in total. The lowest BCUT2D eigenvalue weighted by Gasteiger charge is -2.29. The molecule has 0 aliphatic carbocycles. The molecular formula is C16H17F3N4O. The minimum absolute atomic E-state index is 0.280. The quantitative estimate of drug-likeness (QED) is 0.896. The van der Waals surface area contributed by atoms with Crippen molar-refractivity contribution in [2.75, 3.05) is 31.1 Å². The van der Waals surface area contributed by atoms with Gasteiger partial charge in [0.15, 0.2) is 11.5 Å². The van der Waals surface area contributed by atoms with E-state index in [1.54, 1.807) is 30.3 Å². The van der Waals surface area contributed by atoms with E-state index in [2.05, 4.69) is 15.5 Å². The van der Waals surface area contributed by atoms with Crippen LogP contribution in [0.2, 0.25) is 0 Å². The largest absolute Gasteiger partial charge is 0.435 e. The monoisotopic (exact) mass is 338 g/mol. The van der Waals surface area contributed by atoms with E-state index in [-0.39, 0.29) is 5.56 Å². The lowest BCUT2D eigenvalue weighted by molar-refractivity contribution is -0.143. The van der Waals surface area contributed by atoms with Gasteiger partial charge in [-0.1, -0.05) is 30.3 Å². The Labute approximate surface area is 137 Å². The molecule has 8 heteroatoms. The van der Waals surface area contributed by atoms with Crippen LogP contribution in [0.3, 0.4) is 0 Å². The maximum atomic E-state index is 13.3. The molecule has 1 saturated heterocycles. The lowest BCUT2D eigenvalue weighted by atomic mass is 10.00. The predicted octanol–water partition coefficient (Wildman–Crippen LogP) is 1.99. The van der Waals surface area contributed by atoms with Gasteiger partial charge in [-0.3, -0.25) is 0 Å². The number of aliphatic hydroxyl groups excluding tert-OH is 1. The van der Waals surface area contributed by atoms with Gasteiger partial charge in [-0.05, 0) is 11.6 Å². The summed E-state index contributed by atoms with van der Waals surface area (Å²) in [6, 6.07) is 9.51. The first kappa shape index (κ1) is 16.7. The molecule has 1 aromatic heterocycles. The van der Waals surface area contributed by atoms with E-state index in [4.69, 9.17) is 0 Å². The number of benzene rings is 1. The summed E-state index contributed by atoms with van der Waals surface area (Å²) in [4.78, 5) is 1.85. The number of hydrogen-bond acceptors (Lipinski definition) is 5. The smallest absolute Gasteiger partial charge is 0.384 e. The second-order valence-electron chi connectivity index (χ2n) is 5.55. The number of nitrogens with zero attached hydrogens (tertiary/aromatic N) is 3. The zero-order valence-electron chi connectivity index (χ0n) is 12.8. The number of rotatable bonds is 3. The number of aromatic nitrogens is 2. The zero-order valence-corrected chi connectivity index (χ0v) is 12.8. The van der Waals surface area contributed by atoms with Crippen molar-refractivity contribution in [1.82, 2.24) is 15.5 Å². The standard InChI is InChI=1S/C16H17F3N4O/c17-16(18,19)15-12(14(24)11-4-2-1-3-5-11)10-13(21-22-15)23-8-6-20-7-9-23/h1-5,10,14,20,24H,6-9H2. The number of aliphatic hydroxyl groups is 1. The Hall–Kier alpha value is -2.19. The van der Waals surface area contributed by atoms with E-state index in [1.807, 2.05) is 4.90 Å². The van der Waals surface area contributed by atoms with Crippen molar-refractivity contribution in [1.29, 1.82) is 0 Å². The molecule has 1 aliphatic rings. The maximum Gasteiger partial charge on any atom is 0.435 e. The average molecular weight is 338 g/mol. The highest BCUT2D eigenvalue weighted by Gasteiger charge is 2.38. The van der Waals surface area contributed by atoms with Gasteiger partial charge in [0, 0.05) is 31.7 Å². The second kappa shape index (κ2) is 6.74. The summed E-state index contributed by atoms with van der Waals surface area (Å²) in [5.41, 5.74) is -1.06. The summed E-state index contributed by atoms with van der Waals surface area (Å²) in [5.74, 6) is 0.342. The van der Waals surface area contributed by atoms with Crippen LogP contribution in [0.1, 0.15) is 22.9 Å².